The molecule has 0 spiro atoms. The fourth-order valence-electron chi connectivity index (χ4n) is 5.47. The first kappa shape index (κ1) is 24.2. The number of halogens is 1. The van der Waals surface area contributed by atoms with Gasteiger partial charge in [-0.3, -0.25) is 4.79 Å². The summed E-state index contributed by atoms with van der Waals surface area (Å²) in [6, 6.07) is 13.1. The molecule has 2 fully saturated rings. The molecule has 1 saturated heterocycles. The van der Waals surface area contributed by atoms with Gasteiger partial charge in [0.2, 0.25) is 0 Å². The minimum absolute atomic E-state index is 0.0703. The Morgan fingerprint density at radius 1 is 1.17 bits per heavy atom. The van der Waals surface area contributed by atoms with Gasteiger partial charge in [0.05, 0.1) is 11.6 Å². The predicted octanol–water partition coefficient (Wildman–Crippen LogP) is 5.84. The number of hydrogen-bond donors (Lipinski definition) is 1. The summed E-state index contributed by atoms with van der Waals surface area (Å²) >= 11 is 0. The predicted molar refractivity (Wildman–Crippen MR) is 136 cm³/mol. The van der Waals surface area contributed by atoms with E-state index < -0.39 is 5.67 Å². The molecule has 1 N–H and O–H groups in total. The topological polar surface area (TPSA) is 85.7 Å². The first-order chi connectivity index (χ1) is 17.5. The molecule has 186 valence electrons. The van der Waals surface area contributed by atoms with Crippen LogP contribution in [-0.4, -0.2) is 39.1 Å². The lowest BCUT2D eigenvalue weighted by Crippen LogP contribution is -2.43. The first-order valence-electron chi connectivity index (χ1n) is 13.0. The van der Waals surface area contributed by atoms with E-state index in [2.05, 4.69) is 34.2 Å². The fraction of sp³-hybridized carbons (Fsp3) is 0.448. The number of H-pyrrole nitrogens is 1. The zero-order valence-corrected chi connectivity index (χ0v) is 21.0. The van der Waals surface area contributed by atoms with E-state index in [1.807, 2.05) is 13.0 Å². The molecule has 2 heterocycles. The molecule has 36 heavy (non-hydrogen) atoms. The second-order valence-corrected chi connectivity index (χ2v) is 9.97. The molecule has 0 unspecified atom stereocenters. The molecule has 1 aliphatic carbocycles. The van der Waals surface area contributed by atoms with Crippen LogP contribution in [-0.2, 0) is 18.5 Å². The van der Waals surface area contributed by atoms with Gasteiger partial charge in [-0.25, -0.2) is 4.39 Å². The van der Waals surface area contributed by atoms with Gasteiger partial charge in [0.15, 0.2) is 5.82 Å². The SMILES string of the molecule is CCc1nnc(-c2cc(C(=O)N3CCC(F)(c4ccccc4C#N)CC3)c(CC)cc2C2CCC2)[nH]1. The number of carbonyl (C=O) groups is 1. The highest BCUT2D eigenvalue weighted by atomic mass is 19.1. The van der Waals surface area contributed by atoms with Crippen molar-refractivity contribution in [2.24, 2.45) is 0 Å². The third-order valence-electron chi connectivity index (χ3n) is 7.93. The number of aryl methyl sites for hydroxylation is 2. The van der Waals surface area contributed by atoms with Crippen molar-refractivity contribution < 1.29 is 9.18 Å². The highest BCUT2D eigenvalue weighted by Gasteiger charge is 2.39. The Bertz CT molecular complexity index is 1310. The van der Waals surface area contributed by atoms with Crippen LogP contribution < -0.4 is 0 Å². The Labute approximate surface area is 211 Å². The van der Waals surface area contributed by atoms with Crippen LogP contribution in [0.1, 0.15) is 90.3 Å². The maximum absolute atomic E-state index is 15.9. The van der Waals surface area contributed by atoms with Crippen LogP contribution in [0, 0.1) is 11.3 Å². The van der Waals surface area contributed by atoms with E-state index in [0.29, 0.717) is 41.5 Å². The summed E-state index contributed by atoms with van der Waals surface area (Å²) in [5, 5.41) is 18.1. The lowest BCUT2D eigenvalue weighted by atomic mass is 9.76. The smallest absolute Gasteiger partial charge is 0.254 e. The van der Waals surface area contributed by atoms with Crippen LogP contribution in [0.4, 0.5) is 4.39 Å². The number of piperidine rings is 1. The second kappa shape index (κ2) is 9.85. The normalized spacial score (nSPS) is 17.4. The van der Waals surface area contributed by atoms with Crippen LogP contribution >= 0.6 is 0 Å². The van der Waals surface area contributed by atoms with E-state index in [4.69, 9.17) is 0 Å². The third kappa shape index (κ3) is 4.30. The number of aromatic nitrogens is 3. The van der Waals surface area contributed by atoms with Crippen LogP contribution in [0.2, 0.25) is 0 Å². The molecular formula is C29H32FN5O. The molecule has 2 aromatic carbocycles. The largest absolute Gasteiger partial charge is 0.338 e. The molecule has 0 atom stereocenters. The van der Waals surface area contributed by atoms with Gasteiger partial charge in [-0.2, -0.15) is 5.26 Å². The maximum atomic E-state index is 15.9. The van der Waals surface area contributed by atoms with Gasteiger partial charge < -0.3 is 9.88 Å². The molecule has 1 aromatic heterocycles. The lowest BCUT2D eigenvalue weighted by molar-refractivity contribution is 0.0419. The Morgan fingerprint density at radius 3 is 2.53 bits per heavy atom. The number of nitrogens with zero attached hydrogens (tertiary/aromatic N) is 4. The number of aromatic amines is 1. The van der Waals surface area contributed by atoms with Crippen molar-refractivity contribution in [1.29, 1.82) is 5.26 Å². The summed E-state index contributed by atoms with van der Waals surface area (Å²) < 4.78 is 15.9. The number of benzene rings is 2. The molecule has 7 heteroatoms. The molecule has 6 nitrogen and oxygen atoms in total. The zero-order chi connectivity index (χ0) is 25.3. The molecular weight excluding hydrogens is 453 g/mol. The molecule has 5 rings (SSSR count). The highest BCUT2D eigenvalue weighted by Crippen LogP contribution is 2.43. The van der Waals surface area contributed by atoms with Gasteiger partial charge in [-0.15, -0.1) is 10.2 Å². The van der Waals surface area contributed by atoms with Crippen molar-refractivity contribution in [3.8, 4) is 17.5 Å². The number of nitriles is 1. The molecule has 1 aliphatic heterocycles. The minimum Gasteiger partial charge on any atom is -0.338 e. The first-order valence-corrected chi connectivity index (χ1v) is 13.0. The quantitative estimate of drug-likeness (QED) is 0.475. The third-order valence-corrected chi connectivity index (χ3v) is 7.93. The standard InChI is InChI=1S/C29H32FN5O/c1-3-19-16-22(20-9-7-10-20)24(27-32-26(4-2)33-34-27)17-23(19)28(36)35-14-12-29(30,13-15-35)25-11-6-5-8-21(25)18-31/h5-6,8,11,16-17,20H,3-4,7,9-10,12-15H2,1-2H3,(H,32,33,34). The molecule has 0 radical (unpaired) electrons. The van der Waals surface area contributed by atoms with Gasteiger partial charge in [-0.1, -0.05) is 44.5 Å². The van der Waals surface area contributed by atoms with Gasteiger partial charge in [0.1, 0.15) is 11.5 Å². The summed E-state index contributed by atoms with van der Waals surface area (Å²) in [5.41, 5.74) is 3.06. The van der Waals surface area contributed by atoms with Crippen molar-refractivity contribution in [3.05, 3.63) is 70.0 Å². The van der Waals surface area contributed by atoms with E-state index in [9.17, 15) is 10.1 Å². The number of rotatable bonds is 6. The fourth-order valence-corrected chi connectivity index (χ4v) is 5.47. The van der Waals surface area contributed by atoms with Gasteiger partial charge in [0.25, 0.3) is 5.91 Å². The number of alkyl halides is 1. The number of hydrogen-bond acceptors (Lipinski definition) is 4. The van der Waals surface area contributed by atoms with Gasteiger partial charge in [0, 0.05) is 49.0 Å². The second-order valence-electron chi connectivity index (χ2n) is 9.97. The summed E-state index contributed by atoms with van der Waals surface area (Å²) in [6.45, 7) is 4.71. The van der Waals surface area contributed by atoms with Crippen molar-refractivity contribution in [3.63, 3.8) is 0 Å². The van der Waals surface area contributed by atoms with E-state index >= 15 is 4.39 Å². The average Bonchev–Trinajstić information content (AvgIpc) is 3.36. The van der Waals surface area contributed by atoms with Gasteiger partial charge >= 0.3 is 0 Å². The molecule has 3 aromatic rings. The summed E-state index contributed by atoms with van der Waals surface area (Å²) in [5.74, 6) is 1.94. The minimum atomic E-state index is -1.60. The van der Waals surface area contributed by atoms with Crippen LogP contribution in [0.25, 0.3) is 11.4 Å². The Hall–Kier alpha value is -3.53. The Kier molecular flexibility index (Phi) is 6.61. The summed E-state index contributed by atoms with van der Waals surface area (Å²) in [4.78, 5) is 18.8. The molecule has 0 bridgehead atoms. The summed E-state index contributed by atoms with van der Waals surface area (Å²) in [6.07, 6.45) is 5.37. The van der Waals surface area contributed by atoms with Gasteiger partial charge in [-0.05, 0) is 48.4 Å². The van der Waals surface area contributed by atoms with E-state index in [1.54, 1.807) is 29.2 Å². The van der Waals surface area contributed by atoms with Crippen molar-refractivity contribution in [2.75, 3.05) is 13.1 Å². The van der Waals surface area contributed by atoms with E-state index in [1.165, 1.54) is 12.0 Å². The van der Waals surface area contributed by atoms with Crippen molar-refractivity contribution in [1.82, 2.24) is 20.1 Å². The zero-order valence-electron chi connectivity index (χ0n) is 21.0. The lowest BCUT2D eigenvalue weighted by Gasteiger charge is -2.37. The van der Waals surface area contributed by atoms with Crippen molar-refractivity contribution in [2.45, 2.75) is 70.4 Å². The molecule has 1 saturated carbocycles. The monoisotopic (exact) mass is 485 g/mol. The maximum Gasteiger partial charge on any atom is 0.254 e. The van der Waals surface area contributed by atoms with E-state index in [-0.39, 0.29) is 18.7 Å². The van der Waals surface area contributed by atoms with Crippen LogP contribution in [0.15, 0.2) is 36.4 Å². The molecule has 1 amide bonds. The van der Waals surface area contributed by atoms with E-state index in [0.717, 1.165) is 42.6 Å². The number of amides is 1. The van der Waals surface area contributed by atoms with Crippen LogP contribution in [0.3, 0.4) is 0 Å². The van der Waals surface area contributed by atoms with Crippen LogP contribution in [0.5, 0.6) is 0 Å². The molecule has 2 aliphatic rings. The average molecular weight is 486 g/mol. The van der Waals surface area contributed by atoms with Crippen molar-refractivity contribution >= 4 is 5.91 Å². The number of nitrogens with one attached hydrogen (secondary N) is 1. The highest BCUT2D eigenvalue weighted by molar-refractivity contribution is 5.97. The summed E-state index contributed by atoms with van der Waals surface area (Å²) in [7, 11) is 0. The Balaban J connectivity index is 1.44. The Morgan fingerprint density at radius 2 is 1.92 bits per heavy atom. The number of likely N-dealkylation sites (tertiary alicyclic amines) is 1. The number of carbonyl (C=O) groups excluding carboxylic acids is 1.